The molecule has 0 amide bonds. The average Bonchev–Trinajstić information content (AvgIpc) is 2.69. The molecule has 0 aliphatic carbocycles. The highest BCUT2D eigenvalue weighted by atomic mass is 32.1. The Morgan fingerprint density at radius 2 is 2.24 bits per heavy atom. The second-order valence-electron chi connectivity index (χ2n) is 3.47. The van der Waals surface area contributed by atoms with Gasteiger partial charge in [-0.15, -0.1) is 0 Å². The average molecular weight is 255 g/mol. The smallest absolute Gasteiger partial charge is 0.127 e. The van der Waals surface area contributed by atoms with Gasteiger partial charge < -0.3 is 14.8 Å². The van der Waals surface area contributed by atoms with Crippen molar-refractivity contribution in [2.45, 2.75) is 13.3 Å². The van der Waals surface area contributed by atoms with Crippen LogP contribution in [0.5, 0.6) is 0 Å². The van der Waals surface area contributed by atoms with E-state index in [2.05, 4.69) is 15.8 Å². The van der Waals surface area contributed by atoms with Gasteiger partial charge >= 0.3 is 0 Å². The normalized spacial score (nSPS) is 10.2. The summed E-state index contributed by atoms with van der Waals surface area (Å²) in [5.41, 5.74) is 1.44. The standard InChI is InChI=1S/C11H17N3O2S/c1-9-10(8-12)11(17-14-9)13-4-3-5-16-7-6-15-2/h13H,3-7H2,1-2H3. The zero-order chi connectivity index (χ0) is 12.5. The number of nitrogens with zero attached hydrogens (tertiary/aromatic N) is 2. The number of aromatic nitrogens is 1. The van der Waals surface area contributed by atoms with Gasteiger partial charge in [0.25, 0.3) is 0 Å². The van der Waals surface area contributed by atoms with Crippen LogP contribution in [-0.4, -0.2) is 37.8 Å². The number of nitrogens with one attached hydrogen (secondary N) is 1. The van der Waals surface area contributed by atoms with Crippen molar-refractivity contribution in [3.05, 3.63) is 11.3 Å². The van der Waals surface area contributed by atoms with E-state index in [1.165, 1.54) is 11.5 Å². The SMILES string of the molecule is COCCOCCCNc1snc(C)c1C#N. The molecule has 0 aliphatic rings. The Morgan fingerprint density at radius 1 is 1.41 bits per heavy atom. The molecular weight excluding hydrogens is 238 g/mol. The van der Waals surface area contributed by atoms with E-state index in [0.717, 1.165) is 23.7 Å². The molecule has 17 heavy (non-hydrogen) atoms. The number of nitriles is 1. The van der Waals surface area contributed by atoms with E-state index in [4.69, 9.17) is 14.7 Å². The predicted molar refractivity (Wildman–Crippen MR) is 67.4 cm³/mol. The summed E-state index contributed by atoms with van der Waals surface area (Å²) >= 11 is 1.33. The molecule has 0 aromatic carbocycles. The molecule has 6 heteroatoms. The van der Waals surface area contributed by atoms with Crippen molar-refractivity contribution in [1.29, 1.82) is 5.26 Å². The molecule has 1 aromatic rings. The van der Waals surface area contributed by atoms with Crippen LogP contribution in [0.2, 0.25) is 0 Å². The highest BCUT2D eigenvalue weighted by Gasteiger charge is 2.08. The van der Waals surface area contributed by atoms with Crippen molar-refractivity contribution in [2.75, 3.05) is 38.8 Å². The minimum atomic E-state index is 0.625. The van der Waals surface area contributed by atoms with Crippen molar-refractivity contribution < 1.29 is 9.47 Å². The Kier molecular flexibility index (Phi) is 6.55. The second kappa shape index (κ2) is 8.01. The Hall–Kier alpha value is -1.16. The largest absolute Gasteiger partial charge is 0.382 e. The van der Waals surface area contributed by atoms with Gasteiger partial charge in [0.15, 0.2) is 0 Å². The van der Waals surface area contributed by atoms with E-state index in [1.807, 2.05) is 6.92 Å². The monoisotopic (exact) mass is 255 g/mol. The number of hydrogen-bond acceptors (Lipinski definition) is 6. The van der Waals surface area contributed by atoms with Crippen LogP contribution in [0, 0.1) is 18.3 Å². The summed E-state index contributed by atoms with van der Waals surface area (Å²) in [6.07, 6.45) is 0.894. The van der Waals surface area contributed by atoms with E-state index < -0.39 is 0 Å². The van der Waals surface area contributed by atoms with Gasteiger partial charge in [-0.05, 0) is 24.9 Å². The maximum atomic E-state index is 8.93. The number of hydrogen-bond donors (Lipinski definition) is 1. The third-order valence-electron chi connectivity index (χ3n) is 2.16. The molecule has 1 rings (SSSR count). The Morgan fingerprint density at radius 3 is 2.94 bits per heavy atom. The molecule has 1 aromatic heterocycles. The van der Waals surface area contributed by atoms with E-state index in [9.17, 15) is 0 Å². The molecule has 0 radical (unpaired) electrons. The summed E-state index contributed by atoms with van der Waals surface area (Å²) in [5, 5.41) is 13.0. The van der Waals surface area contributed by atoms with Crippen molar-refractivity contribution in [1.82, 2.24) is 4.37 Å². The molecule has 0 fully saturated rings. The Bertz CT molecular complexity index is 373. The number of ether oxygens (including phenoxy) is 2. The summed E-state index contributed by atoms with van der Waals surface area (Å²) in [7, 11) is 1.65. The lowest BCUT2D eigenvalue weighted by Gasteiger charge is -2.05. The zero-order valence-electron chi connectivity index (χ0n) is 10.2. The topological polar surface area (TPSA) is 67.2 Å². The van der Waals surface area contributed by atoms with Crippen LogP contribution in [0.25, 0.3) is 0 Å². The van der Waals surface area contributed by atoms with Gasteiger partial charge in [0.1, 0.15) is 16.6 Å². The van der Waals surface area contributed by atoms with Gasteiger partial charge in [-0.2, -0.15) is 9.64 Å². The Labute approximate surface area is 106 Å². The summed E-state index contributed by atoms with van der Waals surface area (Å²) in [5.74, 6) is 0. The van der Waals surface area contributed by atoms with E-state index in [-0.39, 0.29) is 0 Å². The third-order valence-corrected chi connectivity index (χ3v) is 3.05. The lowest BCUT2D eigenvalue weighted by molar-refractivity contribution is 0.0705. The maximum absolute atomic E-state index is 8.93. The van der Waals surface area contributed by atoms with Crippen molar-refractivity contribution in [3.63, 3.8) is 0 Å². The van der Waals surface area contributed by atoms with Gasteiger partial charge in [-0.3, -0.25) is 0 Å². The van der Waals surface area contributed by atoms with Crippen LogP contribution in [0.3, 0.4) is 0 Å². The molecule has 1 heterocycles. The molecule has 0 spiro atoms. The van der Waals surface area contributed by atoms with Gasteiger partial charge in [0.05, 0.1) is 18.9 Å². The van der Waals surface area contributed by atoms with Crippen LogP contribution in [-0.2, 0) is 9.47 Å². The van der Waals surface area contributed by atoms with Crippen LogP contribution in [0.4, 0.5) is 5.00 Å². The number of methoxy groups -OCH3 is 1. The lowest BCUT2D eigenvalue weighted by atomic mass is 10.3. The molecule has 0 atom stereocenters. The molecule has 1 N–H and O–H groups in total. The zero-order valence-corrected chi connectivity index (χ0v) is 11.0. The highest BCUT2D eigenvalue weighted by Crippen LogP contribution is 2.22. The van der Waals surface area contributed by atoms with Gasteiger partial charge in [-0.25, -0.2) is 0 Å². The fraction of sp³-hybridized carbons (Fsp3) is 0.636. The van der Waals surface area contributed by atoms with Gasteiger partial charge in [0, 0.05) is 20.3 Å². The first kappa shape index (κ1) is 13.9. The number of rotatable bonds is 8. The molecule has 94 valence electrons. The van der Waals surface area contributed by atoms with Crippen molar-refractivity contribution in [2.24, 2.45) is 0 Å². The van der Waals surface area contributed by atoms with E-state index in [0.29, 0.717) is 25.4 Å². The molecule has 0 aliphatic heterocycles. The predicted octanol–water partition coefficient (Wildman–Crippen LogP) is 1.79. The number of anilines is 1. The molecule has 0 saturated carbocycles. The maximum Gasteiger partial charge on any atom is 0.127 e. The first-order valence-corrected chi connectivity index (χ1v) is 6.24. The van der Waals surface area contributed by atoms with E-state index >= 15 is 0 Å². The molecule has 0 unspecified atom stereocenters. The molecular formula is C11H17N3O2S. The summed E-state index contributed by atoms with van der Waals surface area (Å²) in [6.45, 7) is 4.56. The van der Waals surface area contributed by atoms with Gasteiger partial charge in [0.2, 0.25) is 0 Å². The second-order valence-corrected chi connectivity index (χ2v) is 4.24. The number of aryl methyl sites for hydroxylation is 1. The molecule has 5 nitrogen and oxygen atoms in total. The van der Waals surface area contributed by atoms with Crippen molar-refractivity contribution >= 4 is 16.5 Å². The highest BCUT2D eigenvalue weighted by molar-refractivity contribution is 7.10. The van der Waals surface area contributed by atoms with Gasteiger partial charge in [-0.1, -0.05) is 0 Å². The first-order chi connectivity index (χ1) is 8.29. The summed E-state index contributed by atoms with van der Waals surface area (Å²) in [4.78, 5) is 0. The Balaban J connectivity index is 2.16. The summed E-state index contributed by atoms with van der Waals surface area (Å²) < 4.78 is 14.3. The summed E-state index contributed by atoms with van der Waals surface area (Å²) in [6, 6.07) is 2.15. The van der Waals surface area contributed by atoms with Crippen LogP contribution < -0.4 is 5.32 Å². The molecule has 0 saturated heterocycles. The van der Waals surface area contributed by atoms with Crippen LogP contribution >= 0.6 is 11.5 Å². The third kappa shape index (κ3) is 4.69. The lowest BCUT2D eigenvalue weighted by Crippen LogP contribution is -2.08. The fourth-order valence-corrected chi connectivity index (χ4v) is 2.01. The minimum absolute atomic E-state index is 0.625. The fourth-order valence-electron chi connectivity index (χ4n) is 1.24. The van der Waals surface area contributed by atoms with Crippen LogP contribution in [0.1, 0.15) is 17.7 Å². The van der Waals surface area contributed by atoms with E-state index in [1.54, 1.807) is 7.11 Å². The first-order valence-electron chi connectivity index (χ1n) is 5.46. The minimum Gasteiger partial charge on any atom is -0.382 e. The quantitative estimate of drug-likeness (QED) is 0.717. The van der Waals surface area contributed by atoms with Crippen LogP contribution in [0.15, 0.2) is 0 Å². The molecule has 0 bridgehead atoms. The van der Waals surface area contributed by atoms with Crippen molar-refractivity contribution in [3.8, 4) is 6.07 Å².